The van der Waals surface area contributed by atoms with Crippen molar-refractivity contribution in [3.05, 3.63) is 116 Å². The molecule has 0 saturated heterocycles. The molecule has 1 aliphatic rings. The number of para-hydroxylation sites is 1. The normalized spacial score (nSPS) is 14.6. The number of hydrogen-bond acceptors (Lipinski definition) is 7. The van der Waals surface area contributed by atoms with Crippen molar-refractivity contribution in [1.29, 1.82) is 0 Å². The molecule has 0 radical (unpaired) electrons. The van der Waals surface area contributed by atoms with Crippen molar-refractivity contribution in [2.24, 2.45) is 0 Å². The van der Waals surface area contributed by atoms with E-state index in [9.17, 15) is 17.8 Å². The van der Waals surface area contributed by atoms with Gasteiger partial charge in [0, 0.05) is 36.7 Å². The van der Waals surface area contributed by atoms with Crippen molar-refractivity contribution in [3.8, 4) is 0 Å². The first-order chi connectivity index (χ1) is 18.6. The molecule has 4 aromatic rings. The zero-order valence-electron chi connectivity index (χ0n) is 21.9. The Morgan fingerprint density at radius 1 is 1.05 bits per heavy atom. The number of anilines is 1. The maximum Gasteiger partial charge on any atom is 0.271 e. The molecule has 202 valence electrons. The highest BCUT2D eigenvalue weighted by Gasteiger charge is 2.24. The van der Waals surface area contributed by atoms with Crippen LogP contribution < -0.4 is 24.2 Å². The van der Waals surface area contributed by atoms with Gasteiger partial charge in [-0.05, 0) is 50.3 Å². The molecule has 39 heavy (non-hydrogen) atoms. The van der Waals surface area contributed by atoms with Crippen LogP contribution in [-0.4, -0.2) is 24.6 Å². The van der Waals surface area contributed by atoms with Crippen LogP contribution in [0.1, 0.15) is 18.2 Å². The summed E-state index contributed by atoms with van der Waals surface area (Å²) in [4.78, 5) is 16.3. The molecule has 10 heteroatoms. The van der Waals surface area contributed by atoms with E-state index in [1.54, 1.807) is 35.2 Å². The summed E-state index contributed by atoms with van der Waals surface area (Å²) in [5.41, 5.74) is 3.21. The van der Waals surface area contributed by atoms with Gasteiger partial charge >= 0.3 is 0 Å². The fourth-order valence-corrected chi connectivity index (χ4v) is 6.96. The Balaban J connectivity index is 0.000000270. The monoisotopic (exact) mass is 579 g/mol. The van der Waals surface area contributed by atoms with Gasteiger partial charge < -0.3 is 9.45 Å². The molecule has 3 heterocycles. The van der Waals surface area contributed by atoms with E-state index in [4.69, 9.17) is 0 Å². The number of thiazole rings is 1. The maximum absolute atomic E-state index is 13.2. The van der Waals surface area contributed by atoms with Gasteiger partial charge in [-0.2, -0.15) is 4.57 Å². The third kappa shape index (κ3) is 6.42. The van der Waals surface area contributed by atoms with E-state index in [1.807, 2.05) is 62.0 Å². The van der Waals surface area contributed by atoms with Crippen molar-refractivity contribution in [2.45, 2.75) is 36.7 Å². The van der Waals surface area contributed by atoms with Gasteiger partial charge in [0.15, 0.2) is 12.7 Å². The van der Waals surface area contributed by atoms with Crippen LogP contribution in [0.15, 0.2) is 100 Å². The lowest BCUT2D eigenvalue weighted by molar-refractivity contribution is -0.688. The summed E-state index contributed by atoms with van der Waals surface area (Å²) in [6.07, 6.45) is 6.00. The molecule has 1 aliphatic heterocycles. The molecule has 0 saturated carbocycles. The van der Waals surface area contributed by atoms with E-state index in [0.717, 1.165) is 37.7 Å². The summed E-state index contributed by atoms with van der Waals surface area (Å²) in [6, 6.07) is 20.1. The SMILES string of the molecule is C=CC[n+]1ccccc1C=c1sc(=C2Sc3ccccc3N2C)c(=O)n1CC.Cc1ccc(S(=O)(=O)[O-])cc1. The Bertz CT molecular complexity index is 1790. The molecule has 0 N–H and O–H groups in total. The number of pyridine rings is 1. The minimum absolute atomic E-state index is 0.0760. The smallest absolute Gasteiger partial charge is 0.271 e. The van der Waals surface area contributed by atoms with Gasteiger partial charge in [0.05, 0.1) is 10.6 Å². The summed E-state index contributed by atoms with van der Waals surface area (Å²) in [7, 11) is -2.24. The molecule has 5 rings (SSSR count). The predicted octanol–water partition coefficient (Wildman–Crippen LogP) is 3.44. The van der Waals surface area contributed by atoms with E-state index in [-0.39, 0.29) is 10.5 Å². The number of allylic oxidation sites excluding steroid dienone is 1. The molecule has 2 aromatic carbocycles. The Hall–Kier alpha value is -3.44. The summed E-state index contributed by atoms with van der Waals surface area (Å²) in [6.45, 7) is 9.05. The number of hydrogen-bond donors (Lipinski definition) is 0. The van der Waals surface area contributed by atoms with Crippen LogP contribution in [0.5, 0.6) is 0 Å². The summed E-state index contributed by atoms with van der Waals surface area (Å²) in [5.74, 6) is 0. The minimum atomic E-state index is -4.27. The molecule has 0 unspecified atom stereocenters. The van der Waals surface area contributed by atoms with Crippen LogP contribution in [0.2, 0.25) is 0 Å². The molecule has 0 aliphatic carbocycles. The van der Waals surface area contributed by atoms with E-state index in [0.29, 0.717) is 6.54 Å². The highest BCUT2D eigenvalue weighted by atomic mass is 32.2. The fraction of sp³-hybridized carbons (Fsp3) is 0.172. The molecule has 7 nitrogen and oxygen atoms in total. The number of rotatable bonds is 5. The van der Waals surface area contributed by atoms with E-state index in [2.05, 4.69) is 40.3 Å². The number of fused-ring (bicyclic) bond motifs is 1. The van der Waals surface area contributed by atoms with Crippen molar-refractivity contribution >= 4 is 50.0 Å². The molecule has 2 aromatic heterocycles. The second-order valence-corrected chi connectivity index (χ2v) is 12.2. The Morgan fingerprint density at radius 3 is 2.38 bits per heavy atom. The first kappa shape index (κ1) is 28.6. The van der Waals surface area contributed by atoms with Gasteiger partial charge in [-0.1, -0.05) is 48.2 Å². The summed E-state index contributed by atoms with van der Waals surface area (Å²) < 4.78 is 36.9. The highest BCUT2D eigenvalue weighted by molar-refractivity contribution is 8.08. The van der Waals surface area contributed by atoms with Crippen molar-refractivity contribution < 1.29 is 17.5 Å². The van der Waals surface area contributed by atoms with Gasteiger partial charge in [-0.15, -0.1) is 11.3 Å². The lowest BCUT2D eigenvalue weighted by atomic mass is 10.2. The first-order valence-corrected chi connectivity index (χ1v) is 15.3. The largest absolute Gasteiger partial charge is 0.744 e. The van der Waals surface area contributed by atoms with Crippen LogP contribution in [0, 0.1) is 6.92 Å². The van der Waals surface area contributed by atoms with Gasteiger partial charge in [0.25, 0.3) is 5.56 Å². The fourth-order valence-electron chi connectivity index (χ4n) is 4.03. The van der Waals surface area contributed by atoms with Crippen LogP contribution >= 0.6 is 23.1 Å². The van der Waals surface area contributed by atoms with Crippen LogP contribution in [0.25, 0.3) is 11.1 Å². The van der Waals surface area contributed by atoms with E-state index < -0.39 is 10.1 Å². The Morgan fingerprint density at radius 2 is 1.74 bits per heavy atom. The average molecular weight is 580 g/mol. The van der Waals surface area contributed by atoms with Gasteiger partial charge in [0.1, 0.15) is 24.3 Å². The highest BCUT2D eigenvalue weighted by Crippen LogP contribution is 2.44. The number of thioether (sulfide) groups is 1. The summed E-state index contributed by atoms with van der Waals surface area (Å²) >= 11 is 3.23. The number of benzene rings is 2. The summed E-state index contributed by atoms with van der Waals surface area (Å²) in [5, 5.41) is 1.00. The average Bonchev–Trinajstić information content (AvgIpc) is 3.41. The minimum Gasteiger partial charge on any atom is -0.744 e. The van der Waals surface area contributed by atoms with Crippen LogP contribution in [0.4, 0.5) is 5.69 Å². The van der Waals surface area contributed by atoms with Crippen LogP contribution in [-0.2, 0) is 23.2 Å². The van der Waals surface area contributed by atoms with Crippen molar-refractivity contribution in [1.82, 2.24) is 4.57 Å². The standard InChI is InChI=1S/C22H22N3OS2.C7H8O3S/c1-4-13-24-14-9-8-10-16(24)15-19-25(5-2)21(26)20(28-19)22-23(3)17-11-6-7-12-18(17)27-22;1-6-2-4-7(5-3-6)11(8,9)10/h4,6-12,14-15H,1,5,13H2,2-3H3;2-5H,1H3,(H,8,9,10)/q+1;/p-1. The number of aromatic nitrogens is 2. The molecule has 0 spiro atoms. The molecular formula is C29H29N3O4S3. The van der Waals surface area contributed by atoms with Crippen LogP contribution in [0.3, 0.4) is 0 Å². The third-order valence-corrected chi connectivity index (χ3v) is 9.38. The molecule has 0 atom stereocenters. The maximum atomic E-state index is 13.2. The van der Waals surface area contributed by atoms with Gasteiger partial charge in [-0.25, -0.2) is 8.42 Å². The second kappa shape index (κ2) is 12.2. The van der Waals surface area contributed by atoms with Gasteiger partial charge in [-0.3, -0.25) is 9.36 Å². The first-order valence-electron chi connectivity index (χ1n) is 12.2. The molecule has 0 bridgehead atoms. The third-order valence-electron chi connectivity index (χ3n) is 6.04. The predicted molar refractivity (Wildman–Crippen MR) is 157 cm³/mol. The quantitative estimate of drug-likeness (QED) is 0.205. The van der Waals surface area contributed by atoms with Crippen molar-refractivity contribution in [3.63, 3.8) is 0 Å². The molecular weight excluding hydrogens is 551 g/mol. The molecule has 0 amide bonds. The topological polar surface area (TPSA) is 86.3 Å². The van der Waals surface area contributed by atoms with Crippen molar-refractivity contribution in [2.75, 3.05) is 11.9 Å². The second-order valence-electron chi connectivity index (χ2n) is 8.73. The number of aryl methyl sites for hydroxylation is 1. The molecule has 0 fully saturated rings. The zero-order chi connectivity index (χ0) is 28.2. The number of nitrogens with zero attached hydrogens (tertiary/aromatic N) is 3. The van der Waals surface area contributed by atoms with Gasteiger partial charge in [0.2, 0.25) is 5.69 Å². The Kier molecular flexibility index (Phi) is 8.91. The van der Waals surface area contributed by atoms with E-state index >= 15 is 0 Å². The Labute approximate surface area is 236 Å². The van der Waals surface area contributed by atoms with E-state index in [1.165, 1.54) is 17.0 Å². The zero-order valence-corrected chi connectivity index (χ0v) is 24.4. The lowest BCUT2D eigenvalue weighted by Crippen LogP contribution is -2.37. The lowest BCUT2D eigenvalue weighted by Gasteiger charge is -2.11.